The third kappa shape index (κ3) is 10.1. The molecule has 158 valence electrons. The van der Waals surface area contributed by atoms with Crippen LogP contribution in [0.3, 0.4) is 0 Å². The van der Waals surface area contributed by atoms with Crippen molar-refractivity contribution in [2.75, 3.05) is 19.0 Å². The van der Waals surface area contributed by atoms with Gasteiger partial charge in [-0.2, -0.15) is 13.2 Å². The number of aromatic nitrogens is 2. The predicted molar refractivity (Wildman–Crippen MR) is 102 cm³/mol. The lowest BCUT2D eigenvalue weighted by molar-refractivity contribution is -0.154. The number of nitrogens with zero attached hydrogens (tertiary/aromatic N) is 2. The molecule has 0 spiro atoms. The summed E-state index contributed by atoms with van der Waals surface area (Å²) in [4.78, 5) is 29.2. The Morgan fingerprint density at radius 2 is 1.93 bits per heavy atom. The van der Waals surface area contributed by atoms with Crippen LogP contribution < -0.4 is 15.4 Å². The molecule has 0 aliphatic carbocycles. The topological polar surface area (TPSA) is 93.2 Å². The van der Waals surface area contributed by atoms with Crippen molar-refractivity contribution in [3.63, 3.8) is 0 Å². The molecule has 0 aliphatic rings. The summed E-state index contributed by atoms with van der Waals surface area (Å²) in [5.41, 5.74) is 1.07. The molecular formula is C19H23F3N4O3. The normalized spacial score (nSPS) is 10.6. The maximum absolute atomic E-state index is 12.0. The Bertz CT molecular complexity index is 781. The maximum atomic E-state index is 12.0. The average molecular weight is 412 g/mol. The molecule has 10 heteroatoms. The van der Waals surface area contributed by atoms with E-state index in [1.54, 1.807) is 25.4 Å². The van der Waals surface area contributed by atoms with E-state index in [1.807, 2.05) is 13.8 Å². The lowest BCUT2D eigenvalue weighted by Crippen LogP contribution is -2.23. The molecule has 2 aromatic rings. The first-order valence-corrected chi connectivity index (χ1v) is 8.66. The first-order valence-electron chi connectivity index (χ1n) is 8.66. The van der Waals surface area contributed by atoms with Gasteiger partial charge in [0.1, 0.15) is 12.1 Å². The van der Waals surface area contributed by atoms with E-state index in [1.165, 1.54) is 12.1 Å². The van der Waals surface area contributed by atoms with Crippen LogP contribution in [0.2, 0.25) is 0 Å². The minimum absolute atomic E-state index is 0.198. The second kappa shape index (κ2) is 11.6. The van der Waals surface area contributed by atoms with E-state index in [0.29, 0.717) is 5.82 Å². The summed E-state index contributed by atoms with van der Waals surface area (Å²) in [6.45, 7) is 2.56. The Labute approximate surface area is 166 Å². The average Bonchev–Trinajstić information content (AvgIpc) is 2.71. The molecule has 29 heavy (non-hydrogen) atoms. The fraction of sp³-hybridized carbons (Fsp3) is 0.368. The van der Waals surface area contributed by atoms with E-state index in [2.05, 4.69) is 25.3 Å². The SMILES string of the molecule is CC(C)C=O.CNc1cc(CNC(=O)c2ccc(OCC(F)(F)F)nc2)ccn1. The van der Waals surface area contributed by atoms with Gasteiger partial charge in [-0.1, -0.05) is 13.8 Å². The molecule has 0 bridgehead atoms. The number of ether oxygens (including phenoxy) is 1. The van der Waals surface area contributed by atoms with Crippen LogP contribution in [0.1, 0.15) is 29.8 Å². The van der Waals surface area contributed by atoms with Gasteiger partial charge in [0.2, 0.25) is 5.88 Å². The Balaban J connectivity index is 0.000000749. The first kappa shape index (κ1) is 23.9. The van der Waals surface area contributed by atoms with E-state index < -0.39 is 18.7 Å². The molecule has 0 radical (unpaired) electrons. The largest absolute Gasteiger partial charge is 0.468 e. The molecule has 0 fully saturated rings. The molecule has 2 heterocycles. The zero-order valence-corrected chi connectivity index (χ0v) is 16.3. The van der Waals surface area contributed by atoms with E-state index >= 15 is 0 Å². The summed E-state index contributed by atoms with van der Waals surface area (Å²) in [6.07, 6.45) is -0.747. The number of nitrogens with one attached hydrogen (secondary N) is 2. The van der Waals surface area contributed by atoms with Crippen molar-refractivity contribution in [2.45, 2.75) is 26.6 Å². The Kier molecular flexibility index (Phi) is 9.57. The van der Waals surface area contributed by atoms with Crippen molar-refractivity contribution in [2.24, 2.45) is 5.92 Å². The predicted octanol–water partition coefficient (Wildman–Crippen LogP) is 3.23. The number of hydrogen-bond acceptors (Lipinski definition) is 6. The van der Waals surface area contributed by atoms with E-state index in [0.717, 1.165) is 18.0 Å². The van der Waals surface area contributed by atoms with Gasteiger partial charge in [0, 0.05) is 38.0 Å². The molecular weight excluding hydrogens is 389 g/mol. The van der Waals surface area contributed by atoms with Gasteiger partial charge in [-0.05, 0) is 23.8 Å². The molecule has 2 rings (SSSR count). The third-order valence-corrected chi connectivity index (χ3v) is 3.19. The Morgan fingerprint density at radius 1 is 1.24 bits per heavy atom. The van der Waals surface area contributed by atoms with Gasteiger partial charge in [-0.3, -0.25) is 4.79 Å². The first-order chi connectivity index (χ1) is 13.6. The highest BCUT2D eigenvalue weighted by Gasteiger charge is 2.28. The lowest BCUT2D eigenvalue weighted by atomic mass is 10.2. The fourth-order valence-corrected chi connectivity index (χ4v) is 1.76. The number of carbonyl (C=O) groups excluding carboxylic acids is 2. The molecule has 0 aliphatic heterocycles. The van der Waals surface area contributed by atoms with Gasteiger partial charge in [-0.15, -0.1) is 0 Å². The summed E-state index contributed by atoms with van der Waals surface area (Å²) in [5, 5.41) is 5.57. The molecule has 1 amide bonds. The van der Waals surface area contributed by atoms with Crippen LogP contribution in [0.15, 0.2) is 36.7 Å². The van der Waals surface area contributed by atoms with Crippen molar-refractivity contribution in [3.05, 3.63) is 47.8 Å². The van der Waals surface area contributed by atoms with Crippen LogP contribution in [0.5, 0.6) is 5.88 Å². The van der Waals surface area contributed by atoms with Crippen molar-refractivity contribution in [3.8, 4) is 5.88 Å². The van der Waals surface area contributed by atoms with Gasteiger partial charge in [-0.25, -0.2) is 9.97 Å². The molecule has 7 nitrogen and oxygen atoms in total. The van der Waals surface area contributed by atoms with Crippen molar-refractivity contribution in [1.29, 1.82) is 0 Å². The maximum Gasteiger partial charge on any atom is 0.422 e. The second-order valence-corrected chi connectivity index (χ2v) is 6.15. The summed E-state index contributed by atoms with van der Waals surface area (Å²) < 4.78 is 40.6. The summed E-state index contributed by atoms with van der Waals surface area (Å²) in [5.74, 6) is 0.286. The van der Waals surface area contributed by atoms with Crippen LogP contribution in [-0.4, -0.2) is 42.0 Å². The summed E-state index contributed by atoms with van der Waals surface area (Å²) in [6, 6.07) is 6.10. The lowest BCUT2D eigenvalue weighted by Gasteiger charge is -2.09. The number of alkyl halides is 3. The second-order valence-electron chi connectivity index (χ2n) is 6.15. The van der Waals surface area contributed by atoms with Gasteiger partial charge < -0.3 is 20.2 Å². The van der Waals surface area contributed by atoms with Crippen LogP contribution in [0.25, 0.3) is 0 Å². The van der Waals surface area contributed by atoms with Gasteiger partial charge in [0.25, 0.3) is 5.91 Å². The minimum Gasteiger partial charge on any atom is -0.468 e. The molecule has 0 unspecified atom stereocenters. The number of carbonyl (C=O) groups is 2. The zero-order chi connectivity index (χ0) is 21.9. The quantitative estimate of drug-likeness (QED) is 0.679. The number of amides is 1. The van der Waals surface area contributed by atoms with Gasteiger partial charge in [0.15, 0.2) is 6.61 Å². The summed E-state index contributed by atoms with van der Waals surface area (Å²) in [7, 11) is 1.73. The monoisotopic (exact) mass is 412 g/mol. The third-order valence-electron chi connectivity index (χ3n) is 3.19. The highest BCUT2D eigenvalue weighted by Crippen LogP contribution is 2.17. The van der Waals surface area contributed by atoms with Crippen LogP contribution >= 0.6 is 0 Å². The van der Waals surface area contributed by atoms with Crippen LogP contribution in [0, 0.1) is 5.92 Å². The summed E-state index contributed by atoms with van der Waals surface area (Å²) >= 11 is 0. The number of aldehydes is 1. The molecule has 2 aromatic heterocycles. The zero-order valence-electron chi connectivity index (χ0n) is 16.3. The molecule has 2 N–H and O–H groups in total. The minimum atomic E-state index is -4.44. The highest BCUT2D eigenvalue weighted by atomic mass is 19.4. The Morgan fingerprint density at radius 3 is 2.45 bits per heavy atom. The number of hydrogen-bond donors (Lipinski definition) is 2. The standard InChI is InChI=1S/C15H15F3N4O2.C4H8O/c1-19-12-6-10(4-5-20-12)7-22-14(23)11-2-3-13(21-8-11)24-9-15(16,17)18;1-4(2)3-5/h2-6,8H,7,9H2,1H3,(H,19,20)(H,22,23);3-4H,1-2H3. The number of halogens is 3. The number of rotatable bonds is 7. The van der Waals surface area contributed by atoms with E-state index in [9.17, 15) is 22.8 Å². The van der Waals surface area contributed by atoms with Gasteiger partial charge >= 0.3 is 6.18 Å². The van der Waals surface area contributed by atoms with Crippen LogP contribution in [-0.2, 0) is 11.3 Å². The van der Waals surface area contributed by atoms with Crippen LogP contribution in [0.4, 0.5) is 19.0 Å². The smallest absolute Gasteiger partial charge is 0.422 e. The highest BCUT2D eigenvalue weighted by molar-refractivity contribution is 5.93. The van der Waals surface area contributed by atoms with E-state index in [-0.39, 0.29) is 23.9 Å². The molecule has 0 saturated heterocycles. The van der Waals surface area contributed by atoms with Crippen molar-refractivity contribution in [1.82, 2.24) is 15.3 Å². The molecule has 0 saturated carbocycles. The fourth-order valence-electron chi connectivity index (χ4n) is 1.76. The van der Waals surface area contributed by atoms with E-state index in [4.69, 9.17) is 0 Å². The number of anilines is 1. The van der Waals surface area contributed by atoms with Crippen molar-refractivity contribution >= 4 is 18.0 Å². The Hall–Kier alpha value is -3.17. The van der Waals surface area contributed by atoms with Gasteiger partial charge in [0.05, 0.1) is 5.56 Å². The number of pyridine rings is 2. The molecule has 0 aromatic carbocycles. The van der Waals surface area contributed by atoms with Crippen molar-refractivity contribution < 1.29 is 27.5 Å². The molecule has 0 atom stereocenters.